The van der Waals surface area contributed by atoms with E-state index in [0.29, 0.717) is 5.92 Å². The number of hydrogen-bond donors (Lipinski definition) is 1. The second-order valence-electron chi connectivity index (χ2n) is 4.66. The number of hydrogen-bond acceptors (Lipinski definition) is 3. The number of halogens is 1. The van der Waals surface area contributed by atoms with Crippen molar-refractivity contribution in [3.8, 4) is 11.5 Å². The molecule has 1 aromatic carbocycles. The van der Waals surface area contributed by atoms with Gasteiger partial charge in [-0.15, -0.1) is 0 Å². The minimum atomic E-state index is 0.494. The zero-order chi connectivity index (χ0) is 13.1. The third-order valence-corrected chi connectivity index (χ3v) is 4.05. The fourth-order valence-corrected chi connectivity index (χ4v) is 2.89. The van der Waals surface area contributed by atoms with Crippen molar-refractivity contribution in [1.82, 2.24) is 5.32 Å². The van der Waals surface area contributed by atoms with E-state index < -0.39 is 0 Å². The van der Waals surface area contributed by atoms with Gasteiger partial charge in [-0.25, -0.2) is 0 Å². The van der Waals surface area contributed by atoms with Gasteiger partial charge >= 0.3 is 0 Å². The summed E-state index contributed by atoms with van der Waals surface area (Å²) in [6.45, 7) is 4.14. The molecular weight excluding hydrogens is 250 g/mol. The highest BCUT2D eigenvalue weighted by Gasteiger charge is 2.25. The van der Waals surface area contributed by atoms with Gasteiger partial charge in [0.15, 0.2) is 11.5 Å². The lowest BCUT2D eigenvalue weighted by atomic mass is 9.86. The van der Waals surface area contributed by atoms with Crippen LogP contribution in [0.25, 0.3) is 0 Å². The van der Waals surface area contributed by atoms with Gasteiger partial charge in [-0.05, 0) is 44.3 Å². The van der Waals surface area contributed by atoms with Gasteiger partial charge in [-0.2, -0.15) is 0 Å². The quantitative estimate of drug-likeness (QED) is 0.915. The predicted octanol–water partition coefficient (Wildman–Crippen LogP) is 3.13. The average Bonchev–Trinajstić information content (AvgIpc) is 2.42. The van der Waals surface area contributed by atoms with Crippen LogP contribution in [-0.2, 0) is 0 Å². The molecule has 4 heteroatoms. The summed E-state index contributed by atoms with van der Waals surface area (Å²) in [7, 11) is 3.34. The van der Waals surface area contributed by atoms with Crippen LogP contribution in [0.1, 0.15) is 29.9 Å². The molecule has 100 valence electrons. The predicted molar refractivity (Wildman–Crippen MR) is 74.1 cm³/mol. The maximum atomic E-state index is 6.29. The van der Waals surface area contributed by atoms with Crippen LogP contribution in [0.3, 0.4) is 0 Å². The first-order valence-corrected chi connectivity index (χ1v) is 6.68. The Morgan fingerprint density at radius 1 is 1.22 bits per heavy atom. The summed E-state index contributed by atoms with van der Waals surface area (Å²) in [5, 5.41) is 4.13. The van der Waals surface area contributed by atoms with E-state index in [1.807, 2.05) is 6.07 Å². The first-order chi connectivity index (χ1) is 8.69. The topological polar surface area (TPSA) is 30.5 Å². The highest BCUT2D eigenvalue weighted by Crippen LogP contribution is 2.43. The zero-order valence-corrected chi connectivity index (χ0v) is 11.9. The van der Waals surface area contributed by atoms with Crippen molar-refractivity contribution in [2.75, 3.05) is 27.3 Å². The molecule has 1 fully saturated rings. The van der Waals surface area contributed by atoms with Crippen molar-refractivity contribution in [1.29, 1.82) is 0 Å². The lowest BCUT2D eigenvalue weighted by Gasteiger charge is -2.27. The van der Waals surface area contributed by atoms with Crippen LogP contribution in [0.2, 0.25) is 5.02 Å². The Bertz CT molecular complexity index is 428. The number of ether oxygens (including phenoxy) is 2. The third-order valence-electron chi connectivity index (χ3n) is 3.66. The molecule has 0 unspecified atom stereocenters. The van der Waals surface area contributed by atoms with Gasteiger partial charge in [-0.3, -0.25) is 0 Å². The summed E-state index contributed by atoms with van der Waals surface area (Å²) in [5.41, 5.74) is 2.32. The molecule has 1 aliphatic rings. The van der Waals surface area contributed by atoms with Gasteiger partial charge in [0.2, 0.25) is 0 Å². The molecule has 0 aliphatic carbocycles. The maximum Gasteiger partial charge on any atom is 0.164 e. The standard InChI is InChI=1S/C14H20ClNO2/c1-9-11(15)8-12(17-2)14(18-3)13(9)10-4-6-16-7-5-10/h8,10,16H,4-7H2,1-3H3. The molecule has 0 saturated carbocycles. The van der Waals surface area contributed by atoms with Crippen molar-refractivity contribution in [3.63, 3.8) is 0 Å². The van der Waals surface area contributed by atoms with Crippen molar-refractivity contribution in [2.24, 2.45) is 0 Å². The van der Waals surface area contributed by atoms with E-state index in [1.165, 1.54) is 5.56 Å². The zero-order valence-electron chi connectivity index (χ0n) is 11.2. The van der Waals surface area contributed by atoms with Crippen LogP contribution in [-0.4, -0.2) is 27.3 Å². The van der Waals surface area contributed by atoms with Gasteiger partial charge in [0, 0.05) is 16.7 Å². The van der Waals surface area contributed by atoms with Crippen LogP contribution in [0.4, 0.5) is 0 Å². The van der Waals surface area contributed by atoms with Gasteiger partial charge in [0.1, 0.15) is 0 Å². The lowest BCUT2D eigenvalue weighted by molar-refractivity contribution is 0.344. The molecule has 1 aliphatic heterocycles. The number of piperidine rings is 1. The maximum absolute atomic E-state index is 6.29. The second kappa shape index (κ2) is 5.81. The van der Waals surface area contributed by atoms with E-state index in [9.17, 15) is 0 Å². The molecule has 1 heterocycles. The minimum absolute atomic E-state index is 0.494. The molecule has 0 radical (unpaired) electrons. The smallest absolute Gasteiger partial charge is 0.164 e. The Balaban J connectivity index is 2.51. The molecule has 2 rings (SSSR count). The van der Waals surface area contributed by atoms with E-state index in [4.69, 9.17) is 21.1 Å². The van der Waals surface area contributed by atoms with Crippen LogP contribution < -0.4 is 14.8 Å². The first-order valence-electron chi connectivity index (χ1n) is 6.30. The Morgan fingerprint density at radius 3 is 2.44 bits per heavy atom. The SMILES string of the molecule is COc1cc(Cl)c(C)c(C2CCNCC2)c1OC. The van der Waals surface area contributed by atoms with Crippen LogP contribution in [0.5, 0.6) is 11.5 Å². The monoisotopic (exact) mass is 269 g/mol. The number of rotatable bonds is 3. The summed E-state index contributed by atoms with van der Waals surface area (Å²) < 4.78 is 10.9. The van der Waals surface area contributed by atoms with Crippen LogP contribution in [0.15, 0.2) is 6.07 Å². The fourth-order valence-electron chi connectivity index (χ4n) is 2.68. The molecule has 1 saturated heterocycles. The Morgan fingerprint density at radius 2 is 1.89 bits per heavy atom. The number of nitrogens with one attached hydrogen (secondary N) is 1. The largest absolute Gasteiger partial charge is 0.493 e. The minimum Gasteiger partial charge on any atom is -0.493 e. The Labute approximate surface area is 113 Å². The van der Waals surface area contributed by atoms with Crippen LogP contribution in [0, 0.1) is 6.92 Å². The summed E-state index contributed by atoms with van der Waals surface area (Å²) in [6, 6.07) is 1.83. The van der Waals surface area contributed by atoms with Crippen LogP contribution >= 0.6 is 11.6 Å². The van der Waals surface area contributed by atoms with Gasteiger partial charge in [0.25, 0.3) is 0 Å². The molecule has 0 spiro atoms. The molecule has 0 bridgehead atoms. The van der Waals surface area contributed by atoms with Crippen molar-refractivity contribution in [2.45, 2.75) is 25.7 Å². The second-order valence-corrected chi connectivity index (χ2v) is 5.06. The molecule has 0 amide bonds. The summed E-state index contributed by atoms with van der Waals surface area (Å²) >= 11 is 6.29. The van der Waals surface area contributed by atoms with Gasteiger partial charge < -0.3 is 14.8 Å². The van der Waals surface area contributed by atoms with E-state index in [1.54, 1.807) is 14.2 Å². The van der Waals surface area contributed by atoms with E-state index >= 15 is 0 Å². The van der Waals surface area contributed by atoms with Gasteiger partial charge in [0.05, 0.1) is 14.2 Å². The Hall–Kier alpha value is -0.930. The Kier molecular flexibility index (Phi) is 4.36. The van der Waals surface area contributed by atoms with E-state index in [0.717, 1.165) is 48.0 Å². The molecule has 0 aromatic heterocycles. The molecule has 3 nitrogen and oxygen atoms in total. The number of methoxy groups -OCH3 is 2. The highest BCUT2D eigenvalue weighted by molar-refractivity contribution is 6.31. The first kappa shape index (κ1) is 13.5. The van der Waals surface area contributed by atoms with E-state index in [2.05, 4.69) is 12.2 Å². The van der Waals surface area contributed by atoms with Crippen molar-refractivity contribution < 1.29 is 9.47 Å². The van der Waals surface area contributed by atoms with E-state index in [-0.39, 0.29) is 0 Å². The molecule has 1 aromatic rings. The molecule has 0 atom stereocenters. The average molecular weight is 270 g/mol. The highest BCUT2D eigenvalue weighted by atomic mass is 35.5. The summed E-state index contributed by atoms with van der Waals surface area (Å²) in [4.78, 5) is 0. The fraction of sp³-hybridized carbons (Fsp3) is 0.571. The molecule has 18 heavy (non-hydrogen) atoms. The molecular formula is C14H20ClNO2. The van der Waals surface area contributed by atoms with Gasteiger partial charge in [-0.1, -0.05) is 11.6 Å². The summed E-state index contributed by atoms with van der Waals surface area (Å²) in [5.74, 6) is 2.06. The van der Waals surface area contributed by atoms with Crippen molar-refractivity contribution >= 4 is 11.6 Å². The molecule has 1 N–H and O–H groups in total. The third kappa shape index (κ3) is 2.43. The summed E-state index contributed by atoms with van der Waals surface area (Å²) in [6.07, 6.45) is 2.22. The van der Waals surface area contributed by atoms with Crippen molar-refractivity contribution in [3.05, 3.63) is 22.2 Å². The normalized spacial score (nSPS) is 16.7. The lowest BCUT2D eigenvalue weighted by Crippen LogP contribution is -2.27. The number of benzene rings is 1.